The topological polar surface area (TPSA) is 63.4 Å². The molecule has 2 unspecified atom stereocenters. The number of aryl methyl sites for hydroxylation is 1. The molecule has 6 nitrogen and oxygen atoms in total. The van der Waals surface area contributed by atoms with Crippen LogP contribution >= 0.6 is 11.3 Å². The molecule has 1 aliphatic carbocycles. The number of rotatable bonds is 3. The molecular weight excluding hydrogens is 358 g/mol. The van der Waals surface area contributed by atoms with E-state index in [0.717, 1.165) is 33.7 Å². The Kier molecular flexibility index (Phi) is 3.55. The molecule has 0 aliphatic heterocycles. The fourth-order valence-corrected chi connectivity index (χ4v) is 4.83. The van der Waals surface area contributed by atoms with Crippen LogP contribution in [0.3, 0.4) is 0 Å². The molecule has 3 aromatic heterocycles. The summed E-state index contributed by atoms with van der Waals surface area (Å²) in [5.74, 6) is 1.70. The molecular formula is C20H19N5OS. The molecule has 2 atom stereocenters. The van der Waals surface area contributed by atoms with Gasteiger partial charge in [0.15, 0.2) is 11.5 Å². The molecule has 27 heavy (non-hydrogen) atoms. The lowest BCUT2D eigenvalue weighted by molar-refractivity contribution is 0.0831. The van der Waals surface area contributed by atoms with Crippen molar-refractivity contribution >= 4 is 33.1 Å². The first kappa shape index (κ1) is 16.4. The zero-order valence-corrected chi connectivity index (χ0v) is 16.2. The number of amides is 1. The molecule has 0 bridgehead atoms. The van der Waals surface area contributed by atoms with Gasteiger partial charge in [-0.1, -0.05) is 30.3 Å². The van der Waals surface area contributed by atoms with Crippen molar-refractivity contribution in [3.8, 4) is 0 Å². The SMILES string of the molecule is Cc1c(C(=O)N(C)C)sc2ncn3nc(C4CC4c4ccccc4)nc3c12. The van der Waals surface area contributed by atoms with Crippen LogP contribution in [0.5, 0.6) is 0 Å². The van der Waals surface area contributed by atoms with Crippen LogP contribution in [-0.4, -0.2) is 44.5 Å². The molecule has 3 heterocycles. The third-order valence-corrected chi connectivity index (χ3v) is 6.42. The second kappa shape index (κ2) is 5.85. The summed E-state index contributed by atoms with van der Waals surface area (Å²) in [4.78, 5) is 25.0. The first-order valence-electron chi connectivity index (χ1n) is 8.95. The van der Waals surface area contributed by atoms with E-state index in [4.69, 9.17) is 4.98 Å². The summed E-state index contributed by atoms with van der Waals surface area (Å²) in [5, 5.41) is 5.62. The number of hydrogen-bond acceptors (Lipinski definition) is 5. The van der Waals surface area contributed by atoms with Crippen LogP contribution in [-0.2, 0) is 0 Å². The van der Waals surface area contributed by atoms with E-state index in [2.05, 4.69) is 34.3 Å². The highest BCUT2D eigenvalue weighted by atomic mass is 32.1. The van der Waals surface area contributed by atoms with E-state index in [1.54, 1.807) is 29.8 Å². The smallest absolute Gasteiger partial charge is 0.263 e. The maximum absolute atomic E-state index is 12.5. The number of carbonyl (C=O) groups excluding carboxylic acids is 1. The molecule has 5 rings (SSSR count). The van der Waals surface area contributed by atoms with Crippen LogP contribution in [0.2, 0.25) is 0 Å². The molecule has 0 radical (unpaired) electrons. The minimum absolute atomic E-state index is 0.000256. The summed E-state index contributed by atoms with van der Waals surface area (Å²) >= 11 is 1.42. The highest BCUT2D eigenvalue weighted by Crippen LogP contribution is 2.53. The largest absolute Gasteiger partial charge is 0.344 e. The lowest BCUT2D eigenvalue weighted by Gasteiger charge is -2.08. The average Bonchev–Trinajstić information content (AvgIpc) is 3.25. The van der Waals surface area contributed by atoms with Crippen LogP contribution in [0.25, 0.3) is 15.9 Å². The van der Waals surface area contributed by atoms with Crippen molar-refractivity contribution in [2.75, 3.05) is 14.1 Å². The van der Waals surface area contributed by atoms with Gasteiger partial charge in [0.2, 0.25) is 0 Å². The van der Waals surface area contributed by atoms with Gasteiger partial charge in [0.1, 0.15) is 11.2 Å². The van der Waals surface area contributed by atoms with Crippen molar-refractivity contribution in [1.29, 1.82) is 0 Å². The van der Waals surface area contributed by atoms with E-state index in [-0.39, 0.29) is 5.91 Å². The van der Waals surface area contributed by atoms with Crippen molar-refractivity contribution in [3.63, 3.8) is 0 Å². The van der Waals surface area contributed by atoms with Crippen molar-refractivity contribution < 1.29 is 4.79 Å². The van der Waals surface area contributed by atoms with E-state index in [0.29, 0.717) is 16.7 Å². The van der Waals surface area contributed by atoms with Gasteiger partial charge >= 0.3 is 0 Å². The molecule has 7 heteroatoms. The third kappa shape index (κ3) is 2.53. The lowest BCUT2D eigenvalue weighted by Crippen LogP contribution is -2.21. The van der Waals surface area contributed by atoms with E-state index in [9.17, 15) is 4.79 Å². The molecule has 1 aromatic carbocycles. The molecule has 1 aliphatic rings. The van der Waals surface area contributed by atoms with Gasteiger partial charge in [-0.15, -0.1) is 16.4 Å². The Hall–Kier alpha value is -2.80. The molecule has 0 N–H and O–H groups in total. The van der Waals surface area contributed by atoms with Gasteiger partial charge < -0.3 is 4.90 Å². The minimum atomic E-state index is -0.000256. The Balaban J connectivity index is 1.58. The van der Waals surface area contributed by atoms with Gasteiger partial charge in [-0.05, 0) is 30.4 Å². The van der Waals surface area contributed by atoms with Gasteiger partial charge in [0.25, 0.3) is 5.91 Å². The molecule has 0 saturated heterocycles. The number of thiophene rings is 1. The number of carbonyl (C=O) groups is 1. The summed E-state index contributed by atoms with van der Waals surface area (Å²) in [6.45, 7) is 1.97. The van der Waals surface area contributed by atoms with Gasteiger partial charge in [-0.2, -0.15) is 0 Å². The first-order chi connectivity index (χ1) is 13.0. The molecule has 0 spiro atoms. The van der Waals surface area contributed by atoms with Crippen molar-refractivity contribution in [2.45, 2.75) is 25.2 Å². The van der Waals surface area contributed by atoms with Crippen LogP contribution in [0, 0.1) is 6.92 Å². The Labute approximate surface area is 160 Å². The van der Waals surface area contributed by atoms with Crippen LogP contribution in [0.15, 0.2) is 36.7 Å². The zero-order chi connectivity index (χ0) is 18.7. The summed E-state index contributed by atoms with van der Waals surface area (Å²) in [7, 11) is 3.53. The highest BCUT2D eigenvalue weighted by Gasteiger charge is 2.42. The normalized spacial score (nSPS) is 18.9. The monoisotopic (exact) mass is 377 g/mol. The summed E-state index contributed by atoms with van der Waals surface area (Å²) in [6.07, 6.45) is 2.78. The molecule has 1 fully saturated rings. The quantitative estimate of drug-likeness (QED) is 0.547. The van der Waals surface area contributed by atoms with Crippen molar-refractivity contribution in [1.82, 2.24) is 24.5 Å². The first-order valence-corrected chi connectivity index (χ1v) is 9.77. The Morgan fingerprint density at radius 1 is 1.22 bits per heavy atom. The number of nitrogens with zero attached hydrogens (tertiary/aromatic N) is 5. The van der Waals surface area contributed by atoms with Crippen LogP contribution in [0.4, 0.5) is 0 Å². The lowest BCUT2D eigenvalue weighted by atomic mass is 10.1. The van der Waals surface area contributed by atoms with Crippen LogP contribution in [0.1, 0.15) is 44.9 Å². The zero-order valence-electron chi connectivity index (χ0n) is 15.4. The average molecular weight is 377 g/mol. The molecule has 1 amide bonds. The standard InChI is InChI=1S/C20H19N5OS/c1-11-15-18-22-17(14-9-13(14)12-7-5-4-6-8-12)23-25(18)10-21-19(15)27-16(11)20(26)24(2)3/h4-8,10,13-14H,9H2,1-3H3. The predicted octanol–water partition coefficient (Wildman–Crippen LogP) is 3.62. The second-order valence-corrected chi connectivity index (χ2v) is 8.28. The molecule has 4 aromatic rings. The Morgan fingerprint density at radius 2 is 2.00 bits per heavy atom. The third-order valence-electron chi connectivity index (χ3n) is 5.23. The maximum atomic E-state index is 12.5. The fourth-order valence-electron chi connectivity index (χ4n) is 3.66. The van der Waals surface area contributed by atoms with E-state index >= 15 is 0 Å². The van der Waals surface area contributed by atoms with Gasteiger partial charge in [-0.3, -0.25) is 4.79 Å². The predicted molar refractivity (Wildman–Crippen MR) is 105 cm³/mol. The number of hydrogen-bond donors (Lipinski definition) is 0. The summed E-state index contributed by atoms with van der Waals surface area (Å²) < 4.78 is 1.75. The van der Waals surface area contributed by atoms with Crippen molar-refractivity contribution in [2.24, 2.45) is 0 Å². The summed E-state index contributed by atoms with van der Waals surface area (Å²) in [6, 6.07) is 10.5. The van der Waals surface area contributed by atoms with E-state index < -0.39 is 0 Å². The van der Waals surface area contributed by atoms with E-state index in [1.807, 2.05) is 13.0 Å². The summed E-state index contributed by atoms with van der Waals surface area (Å²) in [5.41, 5.74) is 3.07. The minimum Gasteiger partial charge on any atom is -0.344 e. The highest BCUT2D eigenvalue weighted by molar-refractivity contribution is 7.20. The van der Waals surface area contributed by atoms with Gasteiger partial charge in [0.05, 0.1) is 10.3 Å². The van der Waals surface area contributed by atoms with E-state index in [1.165, 1.54) is 16.9 Å². The Bertz CT molecular complexity index is 1180. The fraction of sp³-hybridized carbons (Fsp3) is 0.300. The van der Waals surface area contributed by atoms with Gasteiger partial charge in [0, 0.05) is 20.0 Å². The molecule has 1 saturated carbocycles. The Morgan fingerprint density at radius 3 is 2.74 bits per heavy atom. The van der Waals surface area contributed by atoms with Gasteiger partial charge in [-0.25, -0.2) is 14.5 Å². The second-order valence-electron chi connectivity index (χ2n) is 7.28. The number of benzene rings is 1. The number of fused-ring (bicyclic) bond motifs is 3. The molecule has 136 valence electrons. The number of aromatic nitrogens is 4. The van der Waals surface area contributed by atoms with Crippen LogP contribution < -0.4 is 0 Å². The maximum Gasteiger partial charge on any atom is 0.263 e. The van der Waals surface area contributed by atoms with Crippen molar-refractivity contribution in [3.05, 3.63) is 58.5 Å².